The van der Waals surface area contributed by atoms with Crippen LogP contribution in [0.2, 0.25) is 0 Å². The van der Waals surface area contributed by atoms with Crippen molar-refractivity contribution in [3.63, 3.8) is 0 Å². The van der Waals surface area contributed by atoms with Crippen LogP contribution in [-0.2, 0) is 9.59 Å². The predicted octanol–water partition coefficient (Wildman–Crippen LogP) is 3.73. The van der Waals surface area contributed by atoms with Crippen LogP contribution in [0.25, 0.3) is 5.76 Å². The highest BCUT2D eigenvalue weighted by Gasteiger charge is 2.47. The van der Waals surface area contributed by atoms with Gasteiger partial charge in [0, 0.05) is 11.9 Å². The first kappa shape index (κ1) is 20.2. The molecule has 1 atom stereocenters. The Morgan fingerprint density at radius 3 is 2.29 bits per heavy atom. The zero-order valence-corrected chi connectivity index (χ0v) is 17.0. The second-order valence-electron chi connectivity index (χ2n) is 6.83. The van der Waals surface area contributed by atoms with Gasteiger partial charge in [-0.3, -0.25) is 19.5 Å². The summed E-state index contributed by atoms with van der Waals surface area (Å²) in [6.07, 6.45) is 1.51. The minimum atomic E-state index is -0.871. The summed E-state index contributed by atoms with van der Waals surface area (Å²) in [7, 11) is 3.03. The number of carbonyl (C=O) groups excluding carboxylic acids is 2. The number of para-hydroxylation sites is 1. The van der Waals surface area contributed by atoms with Gasteiger partial charge in [0.05, 0.1) is 25.8 Å². The average molecular weight is 416 g/mol. The topological polar surface area (TPSA) is 89.0 Å². The van der Waals surface area contributed by atoms with Crippen LogP contribution in [0.1, 0.15) is 17.3 Å². The third-order valence-corrected chi connectivity index (χ3v) is 5.11. The van der Waals surface area contributed by atoms with E-state index in [9.17, 15) is 14.7 Å². The standard InChI is InChI=1S/C24H20N2O5/c1-30-18-12-11-15(14-19(18)31-2)21-20(22(27)17-10-6-7-13-25-17)23(28)24(29)26(21)16-8-4-3-5-9-16/h3-14,21,27H,1-2H3. The zero-order chi connectivity index (χ0) is 22.0. The first-order valence-corrected chi connectivity index (χ1v) is 9.56. The maximum Gasteiger partial charge on any atom is 0.300 e. The lowest BCUT2D eigenvalue weighted by Crippen LogP contribution is -2.29. The lowest BCUT2D eigenvalue weighted by molar-refractivity contribution is -0.132. The molecular formula is C24H20N2O5. The number of rotatable bonds is 5. The molecule has 1 N–H and O–H groups in total. The fourth-order valence-corrected chi connectivity index (χ4v) is 3.67. The first-order chi connectivity index (χ1) is 15.1. The molecule has 2 aromatic carbocycles. The number of methoxy groups -OCH3 is 2. The lowest BCUT2D eigenvalue weighted by atomic mass is 9.96. The summed E-state index contributed by atoms with van der Waals surface area (Å²) in [6, 6.07) is 18.1. The molecule has 7 heteroatoms. The quantitative estimate of drug-likeness (QED) is 0.387. The van der Waals surface area contributed by atoms with E-state index in [1.807, 2.05) is 6.07 Å². The Bertz CT molecular complexity index is 1160. The highest BCUT2D eigenvalue weighted by atomic mass is 16.5. The van der Waals surface area contributed by atoms with E-state index in [2.05, 4.69) is 4.98 Å². The van der Waals surface area contributed by atoms with Crippen LogP contribution >= 0.6 is 0 Å². The van der Waals surface area contributed by atoms with E-state index >= 15 is 0 Å². The zero-order valence-electron chi connectivity index (χ0n) is 17.0. The number of aliphatic hydroxyl groups excluding tert-OH is 1. The summed E-state index contributed by atoms with van der Waals surface area (Å²) in [5.74, 6) is -0.906. The number of anilines is 1. The van der Waals surface area contributed by atoms with Crippen LogP contribution in [-0.4, -0.2) is 36.0 Å². The Morgan fingerprint density at radius 2 is 1.65 bits per heavy atom. The molecule has 0 spiro atoms. The van der Waals surface area contributed by atoms with Gasteiger partial charge in [0.25, 0.3) is 11.7 Å². The van der Waals surface area contributed by atoms with Crippen LogP contribution in [0.4, 0.5) is 5.69 Å². The maximum atomic E-state index is 13.1. The van der Waals surface area contributed by atoms with E-state index in [-0.39, 0.29) is 17.0 Å². The third kappa shape index (κ3) is 3.50. The van der Waals surface area contributed by atoms with Gasteiger partial charge >= 0.3 is 0 Å². The van der Waals surface area contributed by atoms with E-state index < -0.39 is 17.7 Å². The number of ketones is 1. The number of benzene rings is 2. The summed E-state index contributed by atoms with van der Waals surface area (Å²) in [6.45, 7) is 0. The number of ether oxygens (including phenoxy) is 2. The molecule has 156 valence electrons. The van der Waals surface area contributed by atoms with Crippen molar-refractivity contribution in [2.45, 2.75) is 6.04 Å². The lowest BCUT2D eigenvalue weighted by Gasteiger charge is -2.26. The van der Waals surface area contributed by atoms with Gasteiger partial charge in [-0.05, 0) is 42.0 Å². The predicted molar refractivity (Wildman–Crippen MR) is 115 cm³/mol. The van der Waals surface area contributed by atoms with Crippen molar-refractivity contribution in [1.29, 1.82) is 0 Å². The fraction of sp³-hybridized carbons (Fsp3) is 0.125. The molecule has 1 saturated heterocycles. The van der Waals surface area contributed by atoms with Gasteiger partial charge in [-0.15, -0.1) is 0 Å². The number of carbonyl (C=O) groups is 2. The number of pyridine rings is 1. The third-order valence-electron chi connectivity index (χ3n) is 5.11. The minimum Gasteiger partial charge on any atom is -0.505 e. The second kappa shape index (κ2) is 8.31. The van der Waals surface area contributed by atoms with E-state index in [0.717, 1.165) is 0 Å². The van der Waals surface area contributed by atoms with E-state index in [1.165, 1.54) is 25.3 Å². The van der Waals surface area contributed by atoms with Crippen LogP contribution in [0.5, 0.6) is 11.5 Å². The molecule has 0 radical (unpaired) electrons. The van der Waals surface area contributed by atoms with Gasteiger partial charge < -0.3 is 14.6 Å². The Balaban J connectivity index is 1.96. The van der Waals surface area contributed by atoms with Gasteiger partial charge in [0.1, 0.15) is 5.69 Å². The van der Waals surface area contributed by atoms with Crippen molar-refractivity contribution in [3.8, 4) is 11.5 Å². The van der Waals surface area contributed by atoms with E-state index in [1.54, 1.807) is 60.7 Å². The SMILES string of the molecule is COc1ccc(C2C(=C(O)c3ccccn3)C(=O)C(=O)N2c2ccccc2)cc1OC. The molecule has 1 aliphatic heterocycles. The van der Waals surface area contributed by atoms with E-state index in [0.29, 0.717) is 22.7 Å². The summed E-state index contributed by atoms with van der Waals surface area (Å²) in [4.78, 5) is 31.6. The molecule has 3 aromatic rings. The molecule has 1 unspecified atom stereocenters. The van der Waals surface area contributed by atoms with Crippen molar-refractivity contribution in [1.82, 2.24) is 4.98 Å². The summed E-state index contributed by atoms with van der Waals surface area (Å²) >= 11 is 0. The monoisotopic (exact) mass is 416 g/mol. The maximum absolute atomic E-state index is 13.1. The van der Waals surface area contributed by atoms with Gasteiger partial charge in [0.15, 0.2) is 17.3 Å². The Kier molecular flexibility index (Phi) is 5.41. The minimum absolute atomic E-state index is 0.0419. The summed E-state index contributed by atoms with van der Waals surface area (Å²) in [5.41, 5.74) is 1.28. The largest absolute Gasteiger partial charge is 0.505 e. The second-order valence-corrected chi connectivity index (χ2v) is 6.83. The number of Topliss-reactive ketones (excluding diaryl/α,β-unsaturated/α-hetero) is 1. The Hall–Kier alpha value is -4.13. The van der Waals surface area contributed by atoms with Gasteiger partial charge in [-0.2, -0.15) is 0 Å². The number of hydrogen-bond donors (Lipinski definition) is 1. The molecule has 2 heterocycles. The number of aromatic nitrogens is 1. The number of nitrogens with zero attached hydrogens (tertiary/aromatic N) is 2. The van der Waals surface area contributed by atoms with Crippen molar-refractivity contribution in [3.05, 3.63) is 89.8 Å². The molecule has 4 rings (SSSR count). The smallest absolute Gasteiger partial charge is 0.300 e. The highest BCUT2D eigenvalue weighted by molar-refractivity contribution is 6.51. The molecular weight excluding hydrogens is 396 g/mol. The van der Waals surface area contributed by atoms with Crippen LogP contribution in [0.3, 0.4) is 0 Å². The average Bonchev–Trinajstić information content (AvgIpc) is 3.09. The molecule has 1 aliphatic rings. The van der Waals surface area contributed by atoms with Gasteiger partial charge in [0.2, 0.25) is 0 Å². The van der Waals surface area contributed by atoms with Gasteiger partial charge in [-0.25, -0.2) is 0 Å². The van der Waals surface area contributed by atoms with Crippen LogP contribution in [0.15, 0.2) is 78.5 Å². The van der Waals surface area contributed by atoms with E-state index in [4.69, 9.17) is 9.47 Å². The number of aliphatic hydroxyl groups is 1. The molecule has 1 aromatic heterocycles. The van der Waals surface area contributed by atoms with Crippen molar-refractivity contribution >= 4 is 23.1 Å². The first-order valence-electron chi connectivity index (χ1n) is 9.56. The van der Waals surface area contributed by atoms with Crippen LogP contribution < -0.4 is 14.4 Å². The Labute approximate surface area is 179 Å². The van der Waals surface area contributed by atoms with Crippen molar-refractivity contribution in [2.24, 2.45) is 0 Å². The van der Waals surface area contributed by atoms with Crippen LogP contribution in [0, 0.1) is 0 Å². The normalized spacial score (nSPS) is 17.6. The molecule has 0 bridgehead atoms. The molecule has 31 heavy (non-hydrogen) atoms. The molecule has 1 amide bonds. The number of amides is 1. The number of hydrogen-bond acceptors (Lipinski definition) is 6. The molecule has 0 aliphatic carbocycles. The van der Waals surface area contributed by atoms with Crippen molar-refractivity contribution in [2.75, 3.05) is 19.1 Å². The summed E-state index contributed by atoms with van der Waals surface area (Å²) in [5, 5.41) is 11.0. The highest BCUT2D eigenvalue weighted by Crippen LogP contribution is 2.43. The molecule has 0 saturated carbocycles. The van der Waals surface area contributed by atoms with Gasteiger partial charge in [-0.1, -0.05) is 30.3 Å². The van der Waals surface area contributed by atoms with Crippen molar-refractivity contribution < 1.29 is 24.2 Å². The fourth-order valence-electron chi connectivity index (χ4n) is 3.67. The molecule has 7 nitrogen and oxygen atoms in total. The Morgan fingerprint density at radius 1 is 0.935 bits per heavy atom. The summed E-state index contributed by atoms with van der Waals surface area (Å²) < 4.78 is 10.7. The molecule has 1 fully saturated rings.